The second kappa shape index (κ2) is 6.20. The van der Waals surface area contributed by atoms with E-state index in [0.717, 1.165) is 13.8 Å². The minimum atomic E-state index is -0.0489. The van der Waals surface area contributed by atoms with Crippen LogP contribution in [0.2, 0.25) is 0 Å². The summed E-state index contributed by atoms with van der Waals surface area (Å²) in [5.41, 5.74) is 2.33. The molecule has 5 heteroatoms. The van der Waals surface area contributed by atoms with Gasteiger partial charge in [0.25, 0.3) is 5.91 Å². The van der Waals surface area contributed by atoms with Crippen molar-refractivity contribution in [2.24, 2.45) is 0 Å². The number of halogens is 2. The van der Waals surface area contributed by atoms with Crippen LogP contribution in [-0.2, 0) is 0 Å². The highest BCUT2D eigenvalue weighted by atomic mass is 79.9. The van der Waals surface area contributed by atoms with E-state index in [2.05, 4.69) is 50.2 Å². The van der Waals surface area contributed by atoms with Crippen molar-refractivity contribution in [1.82, 2.24) is 5.32 Å². The normalized spacial score (nSPS) is 12.2. The van der Waals surface area contributed by atoms with Crippen LogP contribution in [0.5, 0.6) is 0 Å². The summed E-state index contributed by atoms with van der Waals surface area (Å²) < 4.78 is 1.84. The number of hydrogen-bond acceptors (Lipinski definition) is 2. The fraction of sp³-hybridized carbons (Fsp3) is 0.214. The van der Waals surface area contributed by atoms with Gasteiger partial charge in [-0.3, -0.25) is 4.79 Å². The van der Waals surface area contributed by atoms with Crippen LogP contribution < -0.4 is 5.32 Å². The first-order chi connectivity index (χ1) is 8.99. The molecule has 2 aromatic rings. The van der Waals surface area contributed by atoms with E-state index in [4.69, 9.17) is 0 Å². The van der Waals surface area contributed by atoms with Crippen LogP contribution in [0.4, 0.5) is 0 Å². The Balaban J connectivity index is 2.13. The third-order valence-corrected chi connectivity index (χ3v) is 6.13. The molecular weight excluding hydrogens is 390 g/mol. The largest absolute Gasteiger partial charge is 0.345 e. The molecule has 0 aliphatic heterocycles. The first-order valence-electron chi connectivity index (χ1n) is 5.80. The minimum Gasteiger partial charge on any atom is -0.345 e. The zero-order chi connectivity index (χ0) is 14.0. The maximum atomic E-state index is 12.2. The van der Waals surface area contributed by atoms with Crippen molar-refractivity contribution in [2.45, 2.75) is 19.9 Å². The van der Waals surface area contributed by atoms with Crippen LogP contribution in [0.3, 0.4) is 0 Å². The van der Waals surface area contributed by atoms with Gasteiger partial charge in [-0.25, -0.2) is 0 Å². The molecule has 1 aromatic carbocycles. The molecule has 0 spiro atoms. The summed E-state index contributed by atoms with van der Waals surface area (Å²) in [5.74, 6) is -0.0489. The second-order valence-electron chi connectivity index (χ2n) is 4.28. The molecule has 0 saturated carbocycles. The number of thiophene rings is 1. The average Bonchev–Trinajstić information content (AvgIpc) is 2.70. The lowest BCUT2D eigenvalue weighted by molar-refractivity contribution is 0.0944. The Labute approximate surface area is 133 Å². The molecule has 2 nitrogen and oxygen atoms in total. The van der Waals surface area contributed by atoms with Crippen molar-refractivity contribution >= 4 is 49.1 Å². The first kappa shape index (κ1) is 14.8. The maximum Gasteiger partial charge on any atom is 0.261 e. The third kappa shape index (κ3) is 3.46. The zero-order valence-electron chi connectivity index (χ0n) is 10.5. The smallest absolute Gasteiger partial charge is 0.261 e. The highest BCUT2D eigenvalue weighted by Gasteiger charge is 2.16. The van der Waals surface area contributed by atoms with Gasteiger partial charge in [0.15, 0.2) is 0 Å². The minimum absolute atomic E-state index is 0.00616. The summed E-state index contributed by atoms with van der Waals surface area (Å²) in [6, 6.07) is 9.91. The molecule has 1 atom stereocenters. The molecule has 0 fully saturated rings. The van der Waals surface area contributed by atoms with Gasteiger partial charge < -0.3 is 5.32 Å². The lowest BCUT2D eigenvalue weighted by atomic mass is 10.0. The quantitative estimate of drug-likeness (QED) is 0.762. The van der Waals surface area contributed by atoms with Crippen molar-refractivity contribution in [2.75, 3.05) is 0 Å². The lowest BCUT2D eigenvalue weighted by Crippen LogP contribution is -2.26. The van der Waals surface area contributed by atoms with Crippen LogP contribution >= 0.6 is 43.2 Å². The average molecular weight is 403 g/mol. The molecule has 1 amide bonds. The molecule has 0 radical (unpaired) electrons. The number of carbonyl (C=O) groups excluding carboxylic acids is 1. The fourth-order valence-corrected chi connectivity index (χ4v) is 3.82. The van der Waals surface area contributed by atoms with E-state index in [1.54, 1.807) is 0 Å². The summed E-state index contributed by atoms with van der Waals surface area (Å²) in [5, 5.41) is 3.02. The van der Waals surface area contributed by atoms with Crippen LogP contribution in [0.1, 0.15) is 33.8 Å². The Bertz CT molecular complexity index is 590. The van der Waals surface area contributed by atoms with Crippen LogP contribution in [-0.4, -0.2) is 5.91 Å². The van der Waals surface area contributed by atoms with Gasteiger partial charge in [0, 0.05) is 4.47 Å². The number of aryl methyl sites for hydroxylation is 1. The standard InChI is InChI=1S/C14H13Br2NOS/c1-8-5-3-4-6-10(8)9(2)17-14(18)12-7-11(15)13(16)19-12/h3-7,9H,1-2H3,(H,17,18). The van der Waals surface area contributed by atoms with Gasteiger partial charge in [-0.2, -0.15) is 0 Å². The molecule has 1 N–H and O–H groups in total. The maximum absolute atomic E-state index is 12.2. The van der Waals surface area contributed by atoms with E-state index >= 15 is 0 Å². The molecule has 2 rings (SSSR count). The van der Waals surface area contributed by atoms with Gasteiger partial charge in [-0.15, -0.1) is 11.3 Å². The van der Waals surface area contributed by atoms with Crippen LogP contribution in [0.25, 0.3) is 0 Å². The number of carbonyl (C=O) groups is 1. The molecule has 0 bridgehead atoms. The first-order valence-corrected chi connectivity index (χ1v) is 8.20. The number of rotatable bonds is 3. The Morgan fingerprint density at radius 3 is 2.58 bits per heavy atom. The Morgan fingerprint density at radius 1 is 1.32 bits per heavy atom. The Morgan fingerprint density at radius 2 is 2.00 bits per heavy atom. The highest BCUT2D eigenvalue weighted by Crippen LogP contribution is 2.32. The fourth-order valence-electron chi connectivity index (χ4n) is 1.88. The van der Waals surface area contributed by atoms with E-state index in [1.807, 2.05) is 31.2 Å². The summed E-state index contributed by atoms with van der Waals surface area (Å²) in [6.07, 6.45) is 0. The molecule has 19 heavy (non-hydrogen) atoms. The highest BCUT2D eigenvalue weighted by molar-refractivity contribution is 9.13. The molecule has 0 aliphatic rings. The molecule has 1 aromatic heterocycles. The third-order valence-electron chi connectivity index (χ3n) is 2.87. The van der Waals surface area contributed by atoms with Crippen molar-refractivity contribution in [3.63, 3.8) is 0 Å². The van der Waals surface area contributed by atoms with Gasteiger partial charge in [0.2, 0.25) is 0 Å². The van der Waals surface area contributed by atoms with Crippen molar-refractivity contribution < 1.29 is 4.79 Å². The van der Waals surface area contributed by atoms with Gasteiger partial charge in [-0.1, -0.05) is 24.3 Å². The van der Waals surface area contributed by atoms with Crippen molar-refractivity contribution in [1.29, 1.82) is 0 Å². The number of hydrogen-bond donors (Lipinski definition) is 1. The van der Waals surface area contributed by atoms with Crippen molar-refractivity contribution in [3.05, 3.63) is 54.6 Å². The molecule has 0 aliphatic carbocycles. The van der Waals surface area contributed by atoms with Gasteiger partial charge in [0.1, 0.15) is 0 Å². The Kier molecular flexibility index (Phi) is 4.81. The summed E-state index contributed by atoms with van der Waals surface area (Å²) in [7, 11) is 0. The molecule has 0 saturated heterocycles. The van der Waals surface area contributed by atoms with E-state index in [0.29, 0.717) is 4.88 Å². The number of nitrogens with one attached hydrogen (secondary N) is 1. The monoisotopic (exact) mass is 401 g/mol. The van der Waals surface area contributed by atoms with Crippen LogP contribution in [0.15, 0.2) is 38.6 Å². The zero-order valence-corrected chi connectivity index (χ0v) is 14.5. The molecule has 1 unspecified atom stereocenters. The summed E-state index contributed by atoms with van der Waals surface area (Å²) in [4.78, 5) is 12.9. The molecule has 1 heterocycles. The topological polar surface area (TPSA) is 29.1 Å². The van der Waals surface area contributed by atoms with E-state index in [-0.39, 0.29) is 11.9 Å². The Hall–Kier alpha value is -0.650. The lowest BCUT2D eigenvalue weighted by Gasteiger charge is -2.15. The number of amides is 1. The van der Waals surface area contributed by atoms with Crippen molar-refractivity contribution in [3.8, 4) is 0 Å². The summed E-state index contributed by atoms with van der Waals surface area (Å²) in [6.45, 7) is 4.05. The molecule has 100 valence electrons. The predicted octanol–water partition coefficient (Wildman–Crippen LogP) is 5.07. The van der Waals surface area contributed by atoms with E-state index in [9.17, 15) is 4.79 Å². The van der Waals surface area contributed by atoms with E-state index < -0.39 is 0 Å². The van der Waals surface area contributed by atoms with Crippen LogP contribution in [0, 0.1) is 6.92 Å². The van der Waals surface area contributed by atoms with Gasteiger partial charge in [-0.05, 0) is 62.9 Å². The summed E-state index contributed by atoms with van der Waals surface area (Å²) >= 11 is 8.21. The van der Waals surface area contributed by atoms with Gasteiger partial charge >= 0.3 is 0 Å². The SMILES string of the molecule is Cc1ccccc1C(C)NC(=O)c1cc(Br)c(Br)s1. The van der Waals surface area contributed by atoms with Gasteiger partial charge in [0.05, 0.1) is 14.7 Å². The second-order valence-corrected chi connectivity index (χ2v) is 7.51. The predicted molar refractivity (Wildman–Crippen MR) is 86.8 cm³/mol. The van der Waals surface area contributed by atoms with E-state index in [1.165, 1.54) is 16.9 Å². The number of benzene rings is 1. The molecular formula is C14H13Br2NOS.